The number of amides is 1. The third-order valence-electron chi connectivity index (χ3n) is 3.29. The number of para-hydroxylation sites is 2. The Morgan fingerprint density at radius 2 is 1.91 bits per heavy atom. The van der Waals surface area contributed by atoms with Crippen LogP contribution in [0.2, 0.25) is 0 Å². The van der Waals surface area contributed by atoms with Crippen LogP contribution >= 0.6 is 15.9 Å². The molecule has 5 nitrogen and oxygen atoms in total. The van der Waals surface area contributed by atoms with Gasteiger partial charge in [-0.05, 0) is 30.3 Å². The molecule has 0 spiro atoms. The van der Waals surface area contributed by atoms with Gasteiger partial charge in [0, 0.05) is 11.5 Å². The number of hydrogen-bond acceptors (Lipinski definition) is 4. The second-order valence-corrected chi connectivity index (χ2v) is 5.80. The van der Waals surface area contributed by atoms with Gasteiger partial charge in [0.2, 0.25) is 0 Å². The number of phenolic OH excluding ortho intramolecular Hbond substituents is 1. The summed E-state index contributed by atoms with van der Waals surface area (Å²) in [5.74, 6) is 0.954. The Morgan fingerprint density at radius 1 is 1.22 bits per heavy atom. The van der Waals surface area contributed by atoms with Gasteiger partial charge in [0.1, 0.15) is 12.4 Å². The van der Waals surface area contributed by atoms with E-state index in [4.69, 9.17) is 9.47 Å². The third-order valence-corrected chi connectivity index (χ3v) is 3.78. The van der Waals surface area contributed by atoms with Crippen LogP contribution in [-0.4, -0.2) is 43.2 Å². The van der Waals surface area contributed by atoms with E-state index in [0.29, 0.717) is 29.1 Å². The van der Waals surface area contributed by atoms with Crippen LogP contribution in [0.4, 0.5) is 0 Å². The summed E-state index contributed by atoms with van der Waals surface area (Å²) < 4.78 is 11.6. The molecule has 23 heavy (non-hydrogen) atoms. The Kier molecular flexibility index (Phi) is 5.87. The van der Waals surface area contributed by atoms with Crippen LogP contribution in [-0.2, 0) is 0 Å². The molecule has 2 aromatic carbocycles. The van der Waals surface area contributed by atoms with Gasteiger partial charge in [0.05, 0.1) is 19.2 Å². The number of carbonyl (C=O) groups is 1. The predicted octanol–water partition coefficient (Wildman–Crippen LogP) is 3.31. The number of hydrogen-bond donors (Lipinski definition) is 1. The Hall–Kier alpha value is -2.21. The van der Waals surface area contributed by atoms with E-state index in [1.54, 1.807) is 32.4 Å². The van der Waals surface area contributed by atoms with Crippen LogP contribution in [0.1, 0.15) is 10.4 Å². The molecule has 0 saturated heterocycles. The molecule has 0 unspecified atom stereocenters. The highest BCUT2D eigenvalue weighted by Gasteiger charge is 2.16. The zero-order valence-electron chi connectivity index (χ0n) is 13.0. The van der Waals surface area contributed by atoms with E-state index in [1.165, 1.54) is 11.0 Å². The van der Waals surface area contributed by atoms with Crippen molar-refractivity contribution in [3.05, 3.63) is 52.5 Å². The fourth-order valence-electron chi connectivity index (χ4n) is 2.02. The van der Waals surface area contributed by atoms with Gasteiger partial charge in [-0.1, -0.05) is 28.1 Å². The lowest BCUT2D eigenvalue weighted by molar-refractivity contribution is 0.0770. The van der Waals surface area contributed by atoms with Crippen molar-refractivity contribution in [1.29, 1.82) is 0 Å². The maximum absolute atomic E-state index is 12.3. The fourth-order valence-corrected chi connectivity index (χ4v) is 2.37. The largest absolute Gasteiger partial charge is 0.507 e. The average Bonchev–Trinajstić information content (AvgIpc) is 2.54. The molecule has 122 valence electrons. The van der Waals surface area contributed by atoms with Crippen LogP contribution < -0.4 is 9.47 Å². The number of nitrogens with zero attached hydrogens (tertiary/aromatic N) is 1. The van der Waals surface area contributed by atoms with Gasteiger partial charge in [-0.25, -0.2) is 0 Å². The number of aromatic hydroxyl groups is 1. The quantitative estimate of drug-likeness (QED) is 0.836. The normalized spacial score (nSPS) is 10.2. The number of likely N-dealkylation sites (N-methyl/N-ethyl adjacent to an activating group) is 1. The molecule has 1 amide bonds. The van der Waals surface area contributed by atoms with Gasteiger partial charge in [-0.2, -0.15) is 0 Å². The summed E-state index contributed by atoms with van der Waals surface area (Å²) in [6, 6.07) is 12.1. The molecule has 6 heteroatoms. The molecule has 0 saturated carbocycles. The van der Waals surface area contributed by atoms with E-state index in [-0.39, 0.29) is 17.2 Å². The van der Waals surface area contributed by atoms with Gasteiger partial charge in [-0.3, -0.25) is 4.79 Å². The van der Waals surface area contributed by atoms with Crippen LogP contribution in [0.25, 0.3) is 0 Å². The maximum atomic E-state index is 12.3. The maximum Gasteiger partial charge on any atom is 0.257 e. The number of methoxy groups -OCH3 is 1. The van der Waals surface area contributed by atoms with Crippen molar-refractivity contribution >= 4 is 21.8 Å². The standard InChI is InChI=1S/C17H18BrNO4/c1-19(17(21)13-8-7-12(18)11-14(13)20)9-10-23-16-6-4-3-5-15(16)22-2/h3-8,11,20H,9-10H2,1-2H3. The number of carbonyl (C=O) groups excluding carboxylic acids is 1. The fraction of sp³-hybridized carbons (Fsp3) is 0.235. The molecule has 2 aromatic rings. The SMILES string of the molecule is COc1ccccc1OCCN(C)C(=O)c1ccc(Br)cc1O. The van der Waals surface area contributed by atoms with Gasteiger partial charge < -0.3 is 19.5 Å². The summed E-state index contributed by atoms with van der Waals surface area (Å²) in [5, 5.41) is 9.86. The summed E-state index contributed by atoms with van der Waals surface area (Å²) in [4.78, 5) is 13.8. The topological polar surface area (TPSA) is 59.0 Å². The molecule has 2 rings (SSSR count). The van der Waals surface area contributed by atoms with Crippen molar-refractivity contribution in [3.63, 3.8) is 0 Å². The molecular weight excluding hydrogens is 362 g/mol. The van der Waals surface area contributed by atoms with Crippen LogP contribution in [0.3, 0.4) is 0 Å². The Morgan fingerprint density at radius 3 is 2.57 bits per heavy atom. The van der Waals surface area contributed by atoms with Crippen LogP contribution in [0.5, 0.6) is 17.2 Å². The summed E-state index contributed by atoms with van der Waals surface area (Å²) in [6.07, 6.45) is 0. The van der Waals surface area contributed by atoms with E-state index < -0.39 is 0 Å². The van der Waals surface area contributed by atoms with Crippen molar-refractivity contribution in [3.8, 4) is 17.2 Å². The van der Waals surface area contributed by atoms with Crippen molar-refractivity contribution in [2.24, 2.45) is 0 Å². The molecule has 0 aliphatic heterocycles. The van der Waals surface area contributed by atoms with Gasteiger partial charge in [0.25, 0.3) is 5.91 Å². The number of rotatable bonds is 6. The molecule has 0 heterocycles. The van der Waals surface area contributed by atoms with E-state index in [0.717, 1.165) is 0 Å². The molecule has 0 aromatic heterocycles. The molecular formula is C17H18BrNO4. The Balaban J connectivity index is 1.94. The summed E-state index contributed by atoms with van der Waals surface area (Å²) in [6.45, 7) is 0.701. The monoisotopic (exact) mass is 379 g/mol. The second kappa shape index (κ2) is 7.87. The number of ether oxygens (including phenoxy) is 2. The van der Waals surface area contributed by atoms with Crippen molar-refractivity contribution in [2.75, 3.05) is 27.3 Å². The minimum Gasteiger partial charge on any atom is -0.507 e. The highest BCUT2D eigenvalue weighted by atomic mass is 79.9. The highest BCUT2D eigenvalue weighted by molar-refractivity contribution is 9.10. The van der Waals surface area contributed by atoms with Gasteiger partial charge >= 0.3 is 0 Å². The molecule has 0 aliphatic carbocycles. The lowest BCUT2D eigenvalue weighted by atomic mass is 10.2. The molecule has 0 aliphatic rings. The lowest BCUT2D eigenvalue weighted by Gasteiger charge is -2.18. The zero-order valence-corrected chi connectivity index (χ0v) is 14.5. The molecule has 0 radical (unpaired) electrons. The van der Waals surface area contributed by atoms with Gasteiger partial charge in [0.15, 0.2) is 11.5 Å². The summed E-state index contributed by atoms with van der Waals surface area (Å²) >= 11 is 3.25. The first-order valence-electron chi connectivity index (χ1n) is 7.02. The highest BCUT2D eigenvalue weighted by Crippen LogP contribution is 2.26. The zero-order chi connectivity index (χ0) is 16.8. The minimum atomic E-state index is -0.265. The number of halogens is 1. The second-order valence-electron chi connectivity index (χ2n) is 4.89. The van der Waals surface area contributed by atoms with Gasteiger partial charge in [-0.15, -0.1) is 0 Å². The molecule has 0 atom stereocenters. The Labute approximate surface area is 143 Å². The predicted molar refractivity (Wildman–Crippen MR) is 91.3 cm³/mol. The first kappa shape index (κ1) is 17.1. The minimum absolute atomic E-state index is 0.0538. The molecule has 1 N–H and O–H groups in total. The van der Waals surface area contributed by atoms with E-state index in [1.807, 2.05) is 18.2 Å². The summed E-state index contributed by atoms with van der Waals surface area (Å²) in [5.41, 5.74) is 0.257. The van der Waals surface area contributed by atoms with E-state index >= 15 is 0 Å². The Bertz CT molecular complexity index is 690. The molecule has 0 fully saturated rings. The first-order valence-corrected chi connectivity index (χ1v) is 7.82. The van der Waals surface area contributed by atoms with Crippen molar-refractivity contribution in [2.45, 2.75) is 0 Å². The van der Waals surface area contributed by atoms with Crippen molar-refractivity contribution < 1.29 is 19.4 Å². The van der Waals surface area contributed by atoms with Crippen molar-refractivity contribution in [1.82, 2.24) is 4.90 Å². The van der Waals surface area contributed by atoms with Crippen LogP contribution in [0, 0.1) is 0 Å². The molecule has 0 bridgehead atoms. The first-order chi connectivity index (χ1) is 11.0. The lowest BCUT2D eigenvalue weighted by Crippen LogP contribution is -2.31. The number of benzene rings is 2. The number of phenols is 1. The van der Waals surface area contributed by atoms with E-state index in [2.05, 4.69) is 15.9 Å². The average molecular weight is 380 g/mol. The smallest absolute Gasteiger partial charge is 0.257 e. The van der Waals surface area contributed by atoms with Crippen LogP contribution in [0.15, 0.2) is 46.9 Å². The third kappa shape index (κ3) is 4.39. The summed E-state index contributed by atoms with van der Waals surface area (Å²) in [7, 11) is 3.24. The van der Waals surface area contributed by atoms with E-state index in [9.17, 15) is 9.90 Å².